The Labute approximate surface area is 209 Å². The number of benzene rings is 1. The van der Waals surface area contributed by atoms with Crippen LogP contribution in [-0.4, -0.2) is 61.6 Å². The predicted molar refractivity (Wildman–Crippen MR) is 139 cm³/mol. The van der Waals surface area contributed by atoms with Gasteiger partial charge in [0.05, 0.1) is 27.2 Å². The van der Waals surface area contributed by atoms with E-state index in [0.717, 1.165) is 68.7 Å². The second kappa shape index (κ2) is 12.5. The molecule has 3 atom stereocenters. The van der Waals surface area contributed by atoms with Crippen molar-refractivity contribution in [1.29, 1.82) is 0 Å². The van der Waals surface area contributed by atoms with E-state index in [4.69, 9.17) is 25.6 Å². The lowest BCUT2D eigenvalue weighted by atomic mass is 10.2. The number of ether oxygens (including phenoxy) is 2. The number of anilines is 2. The molecule has 0 amide bonds. The molecule has 4 rings (SSSR count). The summed E-state index contributed by atoms with van der Waals surface area (Å²) < 4.78 is 18.2. The van der Waals surface area contributed by atoms with E-state index in [1.165, 1.54) is 5.56 Å². The molecular weight excluding hydrogens is 471 g/mol. The molecule has 1 saturated heterocycles. The first kappa shape index (κ1) is 25.6. The Hall–Kier alpha value is -1.50. The van der Waals surface area contributed by atoms with Gasteiger partial charge < -0.3 is 23.8 Å². The molecule has 0 saturated carbocycles. The Morgan fingerprint density at radius 2 is 2.03 bits per heavy atom. The maximum atomic E-state index is 6.39. The summed E-state index contributed by atoms with van der Waals surface area (Å²) >= 11 is 6.38. The summed E-state index contributed by atoms with van der Waals surface area (Å²) in [6.07, 6.45) is 5.83. The average Bonchev–Trinajstić information content (AvgIpc) is 3.46. The smallest absolute Gasteiger partial charge is 0.226 e. The molecule has 0 N–H and O–H groups in total. The van der Waals surface area contributed by atoms with Crippen molar-refractivity contribution in [2.75, 3.05) is 49.1 Å². The van der Waals surface area contributed by atoms with Gasteiger partial charge in [0.2, 0.25) is 5.28 Å². The summed E-state index contributed by atoms with van der Waals surface area (Å²) in [6, 6.07) is 10.4. The van der Waals surface area contributed by atoms with Gasteiger partial charge in [-0.3, -0.25) is 0 Å². The number of hydrogen-bond donors (Lipinski definition) is 0. The average molecular weight is 507 g/mol. The van der Waals surface area contributed by atoms with Crippen LogP contribution in [0.1, 0.15) is 44.2 Å². The summed E-state index contributed by atoms with van der Waals surface area (Å²) in [6.45, 7) is 7.22. The molecule has 2 aliphatic heterocycles. The van der Waals surface area contributed by atoms with E-state index in [1.807, 2.05) is 13.0 Å². The second-order valence-electron chi connectivity index (χ2n) is 8.82. The lowest BCUT2D eigenvalue weighted by Gasteiger charge is -2.27. The molecule has 0 spiro atoms. The van der Waals surface area contributed by atoms with Crippen molar-refractivity contribution < 1.29 is 14.0 Å². The zero-order valence-corrected chi connectivity index (χ0v) is 22.1. The van der Waals surface area contributed by atoms with E-state index >= 15 is 0 Å². The lowest BCUT2D eigenvalue weighted by Crippen LogP contribution is -2.35. The monoisotopic (exact) mass is 506 g/mol. The van der Waals surface area contributed by atoms with E-state index in [-0.39, 0.29) is 17.6 Å². The highest BCUT2D eigenvalue weighted by Gasteiger charge is 2.36. The molecule has 2 aromatic rings. The first-order valence-corrected chi connectivity index (χ1v) is 14.3. The van der Waals surface area contributed by atoms with Crippen LogP contribution >= 0.6 is 19.7 Å². The van der Waals surface area contributed by atoms with Gasteiger partial charge in [-0.25, -0.2) is 9.97 Å². The normalized spacial score (nSPS) is 20.5. The van der Waals surface area contributed by atoms with Gasteiger partial charge in [-0.15, -0.1) is 0 Å². The Morgan fingerprint density at radius 1 is 1.21 bits per heavy atom. The standard InChI is InChI=1S/C25H36ClN4O3P/c1-4-15-34(32-5-2)18-31-17-20-11-12-22(33-20)30-14-13-21-23(27-25(26)28-24(21)30)29(3)16-19-9-7-6-8-10-19/h6-10,20,22H,4-5,11-18H2,1-3H3. The van der Waals surface area contributed by atoms with Crippen molar-refractivity contribution in [2.24, 2.45) is 0 Å². The summed E-state index contributed by atoms with van der Waals surface area (Å²) in [5, 5.41) is 0.277. The molecule has 1 aromatic carbocycles. The second-order valence-corrected chi connectivity index (χ2v) is 11.1. The number of fused-ring (bicyclic) bond motifs is 1. The minimum atomic E-state index is -0.492. The topological polar surface area (TPSA) is 60.0 Å². The van der Waals surface area contributed by atoms with Gasteiger partial charge >= 0.3 is 0 Å². The van der Waals surface area contributed by atoms with Crippen LogP contribution in [0.15, 0.2) is 30.3 Å². The zero-order valence-electron chi connectivity index (χ0n) is 20.5. The van der Waals surface area contributed by atoms with E-state index < -0.39 is 8.15 Å². The number of hydrogen-bond acceptors (Lipinski definition) is 7. The third-order valence-corrected chi connectivity index (χ3v) is 8.40. The van der Waals surface area contributed by atoms with Crippen LogP contribution in [0.2, 0.25) is 5.28 Å². The molecule has 9 heteroatoms. The Kier molecular flexibility index (Phi) is 9.38. The molecule has 34 heavy (non-hydrogen) atoms. The van der Waals surface area contributed by atoms with Crippen molar-refractivity contribution in [2.45, 2.75) is 58.4 Å². The van der Waals surface area contributed by atoms with Gasteiger partial charge in [0.1, 0.15) is 17.9 Å². The maximum absolute atomic E-state index is 6.39. The summed E-state index contributed by atoms with van der Waals surface area (Å²) in [4.78, 5) is 13.6. The molecule has 0 radical (unpaired) electrons. The molecule has 3 unspecified atom stereocenters. The number of nitrogens with zero attached hydrogens (tertiary/aromatic N) is 4. The van der Waals surface area contributed by atoms with E-state index in [1.54, 1.807) is 0 Å². The molecule has 7 nitrogen and oxygen atoms in total. The Morgan fingerprint density at radius 3 is 2.79 bits per heavy atom. The third-order valence-electron chi connectivity index (χ3n) is 6.19. The first-order valence-electron chi connectivity index (χ1n) is 12.3. The molecule has 1 fully saturated rings. The van der Waals surface area contributed by atoms with Crippen LogP contribution in [0.3, 0.4) is 0 Å². The van der Waals surface area contributed by atoms with Gasteiger partial charge in [-0.1, -0.05) is 37.3 Å². The fourth-order valence-corrected chi connectivity index (χ4v) is 6.35. The number of rotatable bonds is 12. The molecular formula is C25H36ClN4O3P. The Balaban J connectivity index is 1.37. The van der Waals surface area contributed by atoms with Crippen molar-refractivity contribution in [3.8, 4) is 0 Å². The lowest BCUT2D eigenvalue weighted by molar-refractivity contribution is -0.00638. The van der Waals surface area contributed by atoms with Crippen molar-refractivity contribution in [1.82, 2.24) is 9.97 Å². The van der Waals surface area contributed by atoms with Crippen molar-refractivity contribution in [3.05, 3.63) is 46.7 Å². The van der Waals surface area contributed by atoms with Crippen molar-refractivity contribution in [3.63, 3.8) is 0 Å². The van der Waals surface area contributed by atoms with E-state index in [0.29, 0.717) is 13.0 Å². The molecule has 2 aliphatic rings. The van der Waals surface area contributed by atoms with Crippen molar-refractivity contribution >= 4 is 31.4 Å². The summed E-state index contributed by atoms with van der Waals surface area (Å²) in [5.41, 5.74) is 2.38. The fourth-order valence-electron chi connectivity index (χ4n) is 4.69. The quantitative estimate of drug-likeness (QED) is 0.280. The highest BCUT2D eigenvalue weighted by atomic mass is 35.5. The van der Waals surface area contributed by atoms with E-state index in [2.05, 4.69) is 58.0 Å². The molecule has 0 bridgehead atoms. The summed E-state index contributed by atoms with van der Waals surface area (Å²) in [7, 11) is 1.57. The van der Waals surface area contributed by atoms with Gasteiger partial charge in [-0.05, 0) is 55.9 Å². The number of halogens is 1. The molecule has 186 valence electrons. The number of aromatic nitrogens is 2. The van der Waals surface area contributed by atoms with Crippen LogP contribution in [0.5, 0.6) is 0 Å². The largest absolute Gasteiger partial charge is 0.372 e. The highest BCUT2D eigenvalue weighted by Crippen LogP contribution is 2.39. The maximum Gasteiger partial charge on any atom is 0.226 e. The van der Waals surface area contributed by atoms with Crippen LogP contribution in [0.25, 0.3) is 0 Å². The highest BCUT2D eigenvalue weighted by molar-refractivity contribution is 7.52. The van der Waals surface area contributed by atoms with E-state index in [9.17, 15) is 0 Å². The molecule has 0 aliphatic carbocycles. The summed E-state index contributed by atoms with van der Waals surface area (Å²) in [5.74, 6) is 1.81. The fraction of sp³-hybridized carbons (Fsp3) is 0.600. The van der Waals surface area contributed by atoms with Crippen LogP contribution in [0, 0.1) is 0 Å². The van der Waals surface area contributed by atoms with Crippen LogP contribution in [-0.2, 0) is 27.0 Å². The van der Waals surface area contributed by atoms with Gasteiger partial charge in [0, 0.05) is 32.3 Å². The van der Waals surface area contributed by atoms with Crippen LogP contribution < -0.4 is 9.80 Å². The minimum absolute atomic E-state index is 0.00265. The third kappa shape index (κ3) is 6.38. The van der Waals surface area contributed by atoms with Gasteiger partial charge in [0.15, 0.2) is 0 Å². The predicted octanol–water partition coefficient (Wildman–Crippen LogP) is 5.45. The van der Waals surface area contributed by atoms with Gasteiger partial charge in [-0.2, -0.15) is 0 Å². The molecule has 3 heterocycles. The SMILES string of the molecule is CCCP(COCC1CCC(N2CCc3c(N(C)Cc4ccccc4)nc(Cl)nc32)O1)OCC. The van der Waals surface area contributed by atoms with Gasteiger partial charge in [0.25, 0.3) is 0 Å². The zero-order chi connectivity index (χ0) is 23.9. The minimum Gasteiger partial charge on any atom is -0.372 e. The molecule has 1 aromatic heterocycles. The first-order chi connectivity index (χ1) is 16.6. The van der Waals surface area contributed by atoms with Crippen LogP contribution in [0.4, 0.5) is 11.6 Å². The Bertz CT molecular complexity index is 917.